The van der Waals surface area contributed by atoms with Crippen molar-refractivity contribution in [3.8, 4) is 17.2 Å². The Morgan fingerprint density at radius 3 is 2.52 bits per heavy atom. The monoisotopic (exact) mass is 462 g/mol. The first-order chi connectivity index (χ1) is 15.0. The lowest BCUT2D eigenvalue weighted by molar-refractivity contribution is -0.113. The molecule has 1 heterocycles. The Balaban J connectivity index is 1.60. The summed E-state index contributed by atoms with van der Waals surface area (Å²) in [6.45, 7) is 2.90. The summed E-state index contributed by atoms with van der Waals surface area (Å²) in [5.41, 5.74) is 0.543. The number of nitrogens with zero attached hydrogens (tertiary/aromatic N) is 3. The van der Waals surface area contributed by atoms with Crippen LogP contribution in [0.15, 0.2) is 47.6 Å². The van der Waals surface area contributed by atoms with Gasteiger partial charge in [-0.15, -0.1) is 10.2 Å². The van der Waals surface area contributed by atoms with E-state index in [-0.39, 0.29) is 18.3 Å². The number of nitrogens with one attached hydrogen (secondary N) is 1. The Morgan fingerprint density at radius 2 is 1.84 bits per heavy atom. The summed E-state index contributed by atoms with van der Waals surface area (Å²) < 4.78 is 18.2. The molecule has 1 aromatic heterocycles. The normalized spacial score (nSPS) is 10.6. The third-order valence-electron chi connectivity index (χ3n) is 4.30. The number of ether oxygens (including phenoxy) is 3. The molecule has 0 fully saturated rings. The van der Waals surface area contributed by atoms with E-state index >= 15 is 0 Å². The van der Waals surface area contributed by atoms with Gasteiger partial charge in [-0.05, 0) is 43.3 Å². The van der Waals surface area contributed by atoms with E-state index in [1.54, 1.807) is 56.7 Å². The summed E-state index contributed by atoms with van der Waals surface area (Å²) >= 11 is 7.19. The Kier molecular flexibility index (Phi) is 8.02. The number of carbonyl (C=O) groups is 1. The fourth-order valence-electron chi connectivity index (χ4n) is 2.76. The maximum atomic E-state index is 12.5. The van der Waals surface area contributed by atoms with E-state index in [2.05, 4.69) is 15.5 Å². The number of hydrogen-bond acceptors (Lipinski definition) is 7. The molecule has 8 nitrogen and oxygen atoms in total. The van der Waals surface area contributed by atoms with Crippen LogP contribution in [0.3, 0.4) is 0 Å². The first kappa shape index (κ1) is 22.8. The number of rotatable bonds is 10. The fraction of sp³-hybridized carbons (Fsp3) is 0.286. The Hall–Kier alpha value is -2.91. The van der Waals surface area contributed by atoms with Gasteiger partial charge in [-0.2, -0.15) is 0 Å². The van der Waals surface area contributed by atoms with Gasteiger partial charge in [0, 0.05) is 17.6 Å². The Morgan fingerprint density at radius 1 is 1.10 bits per heavy atom. The Labute approximate surface area is 189 Å². The number of methoxy groups -OCH3 is 2. The quantitative estimate of drug-likeness (QED) is 0.450. The Bertz CT molecular complexity index is 1030. The second-order valence-electron chi connectivity index (χ2n) is 6.29. The number of amides is 1. The SMILES string of the molecule is CCn1c(COc2ccc(Cl)cc2)nnc1SCC(=O)Nc1cc(OC)ccc1OC. The van der Waals surface area contributed by atoms with Crippen molar-refractivity contribution in [1.82, 2.24) is 14.8 Å². The lowest BCUT2D eigenvalue weighted by Gasteiger charge is -2.12. The number of hydrogen-bond donors (Lipinski definition) is 1. The first-order valence-corrected chi connectivity index (χ1v) is 10.9. The second kappa shape index (κ2) is 10.9. The van der Waals surface area contributed by atoms with Gasteiger partial charge in [0.05, 0.1) is 25.7 Å². The summed E-state index contributed by atoms with van der Waals surface area (Å²) in [6, 6.07) is 12.3. The molecule has 0 unspecified atom stereocenters. The van der Waals surface area contributed by atoms with Crippen molar-refractivity contribution in [2.75, 3.05) is 25.3 Å². The van der Waals surface area contributed by atoms with E-state index in [0.717, 1.165) is 0 Å². The van der Waals surface area contributed by atoms with Gasteiger partial charge >= 0.3 is 0 Å². The van der Waals surface area contributed by atoms with E-state index < -0.39 is 0 Å². The van der Waals surface area contributed by atoms with Crippen LogP contribution in [0.2, 0.25) is 5.02 Å². The zero-order valence-electron chi connectivity index (χ0n) is 17.4. The van der Waals surface area contributed by atoms with E-state index in [1.807, 2.05) is 11.5 Å². The first-order valence-electron chi connectivity index (χ1n) is 9.49. The van der Waals surface area contributed by atoms with E-state index in [9.17, 15) is 4.79 Å². The lowest BCUT2D eigenvalue weighted by atomic mass is 10.2. The van der Waals surface area contributed by atoms with Crippen LogP contribution in [0.25, 0.3) is 0 Å². The van der Waals surface area contributed by atoms with Crippen LogP contribution < -0.4 is 19.5 Å². The van der Waals surface area contributed by atoms with Crippen LogP contribution >= 0.6 is 23.4 Å². The van der Waals surface area contributed by atoms with Gasteiger partial charge in [-0.3, -0.25) is 4.79 Å². The molecular formula is C21H23ClN4O4S. The summed E-state index contributed by atoms with van der Waals surface area (Å²) in [6.07, 6.45) is 0. The molecule has 3 rings (SSSR count). The molecule has 2 aromatic carbocycles. The molecule has 0 bridgehead atoms. The van der Waals surface area contributed by atoms with Gasteiger partial charge in [0.2, 0.25) is 5.91 Å². The highest BCUT2D eigenvalue weighted by atomic mass is 35.5. The van der Waals surface area contributed by atoms with Gasteiger partial charge in [0.25, 0.3) is 0 Å². The molecule has 3 aromatic rings. The number of carbonyl (C=O) groups excluding carboxylic acids is 1. The van der Waals surface area contributed by atoms with Gasteiger partial charge in [0.1, 0.15) is 23.9 Å². The molecule has 0 aliphatic rings. The number of thioether (sulfide) groups is 1. The third-order valence-corrected chi connectivity index (χ3v) is 5.52. The van der Waals surface area contributed by atoms with Crippen LogP contribution in [-0.4, -0.2) is 40.6 Å². The minimum absolute atomic E-state index is 0.163. The van der Waals surface area contributed by atoms with Crippen molar-refractivity contribution in [3.63, 3.8) is 0 Å². The summed E-state index contributed by atoms with van der Waals surface area (Å²) in [5, 5.41) is 12.5. The molecule has 0 spiro atoms. The van der Waals surface area contributed by atoms with Gasteiger partial charge in [0.15, 0.2) is 11.0 Å². The average Bonchev–Trinajstić information content (AvgIpc) is 3.19. The number of anilines is 1. The molecule has 31 heavy (non-hydrogen) atoms. The molecule has 10 heteroatoms. The average molecular weight is 463 g/mol. The minimum atomic E-state index is -0.193. The topological polar surface area (TPSA) is 87.5 Å². The highest BCUT2D eigenvalue weighted by molar-refractivity contribution is 7.99. The summed E-state index contributed by atoms with van der Waals surface area (Å²) in [7, 11) is 3.11. The van der Waals surface area contributed by atoms with Crippen molar-refractivity contribution in [2.24, 2.45) is 0 Å². The number of halogens is 1. The smallest absolute Gasteiger partial charge is 0.234 e. The molecule has 0 radical (unpaired) electrons. The highest BCUT2D eigenvalue weighted by Crippen LogP contribution is 2.29. The van der Waals surface area contributed by atoms with Crippen molar-refractivity contribution in [3.05, 3.63) is 53.3 Å². The van der Waals surface area contributed by atoms with E-state index in [4.69, 9.17) is 25.8 Å². The largest absolute Gasteiger partial charge is 0.497 e. The zero-order valence-corrected chi connectivity index (χ0v) is 19.0. The fourth-order valence-corrected chi connectivity index (χ4v) is 3.70. The maximum absolute atomic E-state index is 12.5. The number of benzene rings is 2. The van der Waals surface area contributed by atoms with E-state index in [1.165, 1.54) is 11.8 Å². The number of aromatic nitrogens is 3. The lowest BCUT2D eigenvalue weighted by Crippen LogP contribution is -2.15. The van der Waals surface area contributed by atoms with Gasteiger partial charge in [-0.1, -0.05) is 23.4 Å². The van der Waals surface area contributed by atoms with Gasteiger partial charge < -0.3 is 24.1 Å². The summed E-state index contributed by atoms with van der Waals surface area (Å²) in [4.78, 5) is 12.5. The standard InChI is InChI=1S/C21H23ClN4O4S/c1-4-26-19(12-30-15-7-5-14(22)6-8-15)24-25-21(26)31-13-20(27)23-17-11-16(28-2)9-10-18(17)29-3/h5-11H,4,12-13H2,1-3H3,(H,23,27). The third kappa shape index (κ3) is 6.05. The van der Waals surface area contributed by atoms with Crippen LogP contribution in [0.4, 0.5) is 5.69 Å². The maximum Gasteiger partial charge on any atom is 0.234 e. The van der Waals surface area contributed by atoms with Crippen molar-refractivity contribution in [2.45, 2.75) is 25.2 Å². The van der Waals surface area contributed by atoms with Crippen molar-refractivity contribution < 1.29 is 19.0 Å². The van der Waals surface area contributed by atoms with Crippen LogP contribution in [0.5, 0.6) is 17.2 Å². The second-order valence-corrected chi connectivity index (χ2v) is 7.67. The molecule has 1 amide bonds. The molecular weight excluding hydrogens is 440 g/mol. The molecule has 0 saturated carbocycles. The van der Waals surface area contributed by atoms with Crippen LogP contribution in [0, 0.1) is 0 Å². The molecule has 0 atom stereocenters. The zero-order chi connectivity index (χ0) is 22.2. The molecule has 0 saturated heterocycles. The summed E-state index contributed by atoms with van der Waals surface area (Å²) in [5.74, 6) is 2.51. The predicted octanol–water partition coefficient (Wildman–Crippen LogP) is 4.28. The molecule has 0 aliphatic carbocycles. The molecule has 164 valence electrons. The predicted molar refractivity (Wildman–Crippen MR) is 120 cm³/mol. The van der Waals surface area contributed by atoms with Crippen LogP contribution in [0.1, 0.15) is 12.7 Å². The van der Waals surface area contributed by atoms with Gasteiger partial charge in [-0.25, -0.2) is 0 Å². The molecule has 1 N–H and O–H groups in total. The van der Waals surface area contributed by atoms with Crippen LogP contribution in [-0.2, 0) is 17.9 Å². The highest BCUT2D eigenvalue weighted by Gasteiger charge is 2.15. The van der Waals surface area contributed by atoms with E-state index in [0.29, 0.717) is 45.5 Å². The van der Waals surface area contributed by atoms with Crippen molar-refractivity contribution in [1.29, 1.82) is 0 Å². The minimum Gasteiger partial charge on any atom is -0.497 e. The van der Waals surface area contributed by atoms with Crippen molar-refractivity contribution >= 4 is 35.0 Å². The molecule has 0 aliphatic heterocycles.